The van der Waals surface area contributed by atoms with Gasteiger partial charge in [0.2, 0.25) is 0 Å². The number of aromatic nitrogens is 1. The molecule has 94 valence electrons. The van der Waals surface area contributed by atoms with Crippen LogP contribution in [0.4, 0.5) is 8.78 Å². The van der Waals surface area contributed by atoms with E-state index in [0.717, 1.165) is 17.0 Å². The second-order valence-corrected chi connectivity index (χ2v) is 4.20. The maximum Gasteiger partial charge on any atom is 0.152 e. The third-order valence-electron chi connectivity index (χ3n) is 3.06. The minimum atomic E-state index is -0.699. The van der Waals surface area contributed by atoms with Crippen molar-refractivity contribution in [2.24, 2.45) is 0 Å². The number of para-hydroxylation sites is 1. The third kappa shape index (κ3) is 1.81. The van der Waals surface area contributed by atoms with Gasteiger partial charge in [0, 0.05) is 28.1 Å². The molecule has 0 aliphatic carbocycles. The molecule has 1 heterocycles. The number of aromatic amines is 1. The fourth-order valence-electron chi connectivity index (χ4n) is 2.19. The van der Waals surface area contributed by atoms with Crippen LogP contribution in [-0.4, -0.2) is 11.3 Å². The largest absolute Gasteiger partial charge is 0.354 e. The van der Waals surface area contributed by atoms with Gasteiger partial charge < -0.3 is 4.98 Å². The van der Waals surface area contributed by atoms with Crippen molar-refractivity contribution in [1.29, 1.82) is 0 Å². The number of carbonyl (C=O) groups excluding carboxylic acids is 1. The highest BCUT2D eigenvalue weighted by molar-refractivity contribution is 6.04. The topological polar surface area (TPSA) is 32.9 Å². The first-order chi connectivity index (χ1) is 9.20. The van der Waals surface area contributed by atoms with Crippen molar-refractivity contribution in [3.8, 4) is 11.3 Å². The van der Waals surface area contributed by atoms with Gasteiger partial charge in [-0.2, -0.15) is 0 Å². The predicted octanol–water partition coefficient (Wildman–Crippen LogP) is 3.93. The molecule has 0 amide bonds. The summed E-state index contributed by atoms with van der Waals surface area (Å²) in [6.45, 7) is 0. The van der Waals surface area contributed by atoms with Crippen molar-refractivity contribution in [3.05, 3.63) is 59.7 Å². The number of hydrogen-bond donors (Lipinski definition) is 1. The summed E-state index contributed by atoms with van der Waals surface area (Å²) in [4.78, 5) is 14.2. The van der Waals surface area contributed by atoms with Crippen molar-refractivity contribution in [2.45, 2.75) is 0 Å². The summed E-state index contributed by atoms with van der Waals surface area (Å²) in [5, 5.41) is 0.719. The Kier molecular flexibility index (Phi) is 2.63. The molecule has 3 rings (SSSR count). The summed E-state index contributed by atoms with van der Waals surface area (Å²) in [5.74, 6) is -1.35. The van der Waals surface area contributed by atoms with Crippen molar-refractivity contribution < 1.29 is 13.6 Å². The highest BCUT2D eigenvalue weighted by Crippen LogP contribution is 2.30. The van der Waals surface area contributed by atoms with Crippen LogP contribution in [0.5, 0.6) is 0 Å². The monoisotopic (exact) mass is 257 g/mol. The van der Waals surface area contributed by atoms with E-state index < -0.39 is 11.6 Å². The standard InChI is InChI=1S/C15H9F2NO/c16-9-5-6-11(13(17)7-9)15-12(8-19)10-3-1-2-4-14(10)18-15/h1-8,18H. The summed E-state index contributed by atoms with van der Waals surface area (Å²) in [7, 11) is 0. The Bertz CT molecular complexity index is 777. The molecule has 19 heavy (non-hydrogen) atoms. The average Bonchev–Trinajstić information content (AvgIpc) is 2.76. The number of fused-ring (bicyclic) bond motifs is 1. The van der Waals surface area contributed by atoms with Crippen LogP contribution >= 0.6 is 0 Å². The first-order valence-electron chi connectivity index (χ1n) is 5.72. The van der Waals surface area contributed by atoms with E-state index in [-0.39, 0.29) is 5.56 Å². The maximum absolute atomic E-state index is 13.8. The predicted molar refractivity (Wildman–Crippen MR) is 69.0 cm³/mol. The van der Waals surface area contributed by atoms with Crippen molar-refractivity contribution in [2.75, 3.05) is 0 Å². The van der Waals surface area contributed by atoms with Gasteiger partial charge in [0.15, 0.2) is 6.29 Å². The maximum atomic E-state index is 13.8. The van der Waals surface area contributed by atoms with Gasteiger partial charge in [-0.25, -0.2) is 8.78 Å². The Morgan fingerprint density at radius 1 is 1.05 bits per heavy atom. The summed E-state index contributed by atoms with van der Waals surface area (Å²) < 4.78 is 26.7. The normalized spacial score (nSPS) is 10.8. The van der Waals surface area contributed by atoms with Crippen LogP contribution < -0.4 is 0 Å². The highest BCUT2D eigenvalue weighted by atomic mass is 19.1. The molecule has 3 aromatic rings. The quantitative estimate of drug-likeness (QED) is 0.693. The Morgan fingerprint density at radius 3 is 2.58 bits per heavy atom. The molecule has 0 saturated carbocycles. The first kappa shape index (κ1) is 11.6. The third-order valence-corrected chi connectivity index (χ3v) is 3.06. The fourth-order valence-corrected chi connectivity index (χ4v) is 2.19. The van der Waals surface area contributed by atoms with Gasteiger partial charge in [-0.1, -0.05) is 18.2 Å². The minimum Gasteiger partial charge on any atom is -0.354 e. The number of carbonyl (C=O) groups is 1. The summed E-state index contributed by atoms with van der Waals surface area (Å²) in [5.41, 5.74) is 1.66. The highest BCUT2D eigenvalue weighted by Gasteiger charge is 2.15. The van der Waals surface area contributed by atoms with E-state index in [9.17, 15) is 13.6 Å². The average molecular weight is 257 g/mol. The van der Waals surface area contributed by atoms with Gasteiger partial charge in [0.1, 0.15) is 11.6 Å². The number of halogens is 2. The lowest BCUT2D eigenvalue weighted by Crippen LogP contribution is -1.90. The zero-order valence-electron chi connectivity index (χ0n) is 9.78. The second kappa shape index (κ2) is 4.31. The number of H-pyrrole nitrogens is 1. The van der Waals surface area contributed by atoms with Gasteiger partial charge in [-0.3, -0.25) is 4.79 Å². The molecule has 2 aromatic carbocycles. The van der Waals surface area contributed by atoms with E-state index in [2.05, 4.69) is 4.98 Å². The minimum absolute atomic E-state index is 0.180. The Balaban J connectivity index is 2.33. The lowest BCUT2D eigenvalue weighted by molar-refractivity contribution is 0.112. The zero-order valence-corrected chi connectivity index (χ0v) is 9.78. The van der Waals surface area contributed by atoms with E-state index >= 15 is 0 Å². The van der Waals surface area contributed by atoms with E-state index in [4.69, 9.17) is 0 Å². The lowest BCUT2D eigenvalue weighted by atomic mass is 10.1. The van der Waals surface area contributed by atoms with Crippen LogP contribution in [-0.2, 0) is 0 Å². The number of rotatable bonds is 2. The molecule has 2 nitrogen and oxygen atoms in total. The molecule has 0 unspecified atom stereocenters. The fraction of sp³-hybridized carbons (Fsp3) is 0. The van der Waals surface area contributed by atoms with E-state index in [0.29, 0.717) is 17.5 Å². The number of hydrogen-bond acceptors (Lipinski definition) is 1. The summed E-state index contributed by atoms with van der Waals surface area (Å²) >= 11 is 0. The molecule has 0 saturated heterocycles. The van der Waals surface area contributed by atoms with Crippen LogP contribution in [0.15, 0.2) is 42.5 Å². The van der Waals surface area contributed by atoms with Gasteiger partial charge in [0.25, 0.3) is 0 Å². The van der Waals surface area contributed by atoms with Crippen LogP contribution in [0.1, 0.15) is 10.4 Å². The SMILES string of the molecule is O=Cc1c(-c2ccc(F)cc2F)[nH]c2ccccc12. The second-order valence-electron chi connectivity index (χ2n) is 4.20. The molecule has 0 aliphatic rings. The Labute approximate surface area is 107 Å². The molecular formula is C15H9F2NO. The van der Waals surface area contributed by atoms with Crippen LogP contribution in [0.25, 0.3) is 22.2 Å². The molecule has 0 spiro atoms. The molecule has 0 radical (unpaired) electrons. The molecule has 0 bridgehead atoms. The van der Waals surface area contributed by atoms with E-state index in [1.165, 1.54) is 12.1 Å². The van der Waals surface area contributed by atoms with Crippen molar-refractivity contribution >= 4 is 17.2 Å². The van der Waals surface area contributed by atoms with Crippen LogP contribution in [0.3, 0.4) is 0 Å². The number of nitrogens with one attached hydrogen (secondary N) is 1. The first-order valence-corrected chi connectivity index (χ1v) is 5.72. The van der Waals surface area contributed by atoms with Gasteiger partial charge in [0.05, 0.1) is 5.69 Å². The summed E-state index contributed by atoms with van der Waals surface area (Å²) in [6, 6.07) is 10.5. The molecule has 1 N–H and O–H groups in total. The zero-order chi connectivity index (χ0) is 13.4. The van der Waals surface area contributed by atoms with Crippen LogP contribution in [0.2, 0.25) is 0 Å². The van der Waals surface area contributed by atoms with Gasteiger partial charge in [-0.05, 0) is 18.2 Å². The molecule has 0 atom stereocenters. The number of benzene rings is 2. The number of aldehydes is 1. The molecular weight excluding hydrogens is 248 g/mol. The van der Waals surface area contributed by atoms with Gasteiger partial charge in [-0.15, -0.1) is 0 Å². The van der Waals surface area contributed by atoms with Crippen molar-refractivity contribution in [1.82, 2.24) is 4.98 Å². The van der Waals surface area contributed by atoms with Gasteiger partial charge >= 0.3 is 0 Å². The molecule has 1 aromatic heterocycles. The molecule has 0 aliphatic heterocycles. The summed E-state index contributed by atoms with van der Waals surface area (Å²) in [6.07, 6.45) is 0.678. The smallest absolute Gasteiger partial charge is 0.152 e. The van der Waals surface area contributed by atoms with Crippen LogP contribution in [0, 0.1) is 11.6 Å². The van der Waals surface area contributed by atoms with E-state index in [1.54, 1.807) is 18.2 Å². The Morgan fingerprint density at radius 2 is 1.84 bits per heavy atom. The van der Waals surface area contributed by atoms with Crippen molar-refractivity contribution in [3.63, 3.8) is 0 Å². The van der Waals surface area contributed by atoms with E-state index in [1.807, 2.05) is 6.07 Å². The Hall–Kier alpha value is -2.49. The lowest BCUT2D eigenvalue weighted by Gasteiger charge is -2.02. The molecule has 4 heteroatoms. The molecule has 0 fully saturated rings.